The first-order valence-corrected chi connectivity index (χ1v) is 8.55. The van der Waals surface area contributed by atoms with E-state index in [-0.39, 0.29) is 12.1 Å². The maximum absolute atomic E-state index is 12.2. The van der Waals surface area contributed by atoms with Crippen molar-refractivity contribution in [3.8, 4) is 0 Å². The molecule has 0 radical (unpaired) electrons. The average Bonchev–Trinajstić information content (AvgIpc) is 2.63. The Bertz CT molecular complexity index is 829. The predicted octanol–water partition coefficient (Wildman–Crippen LogP) is 3.91. The lowest BCUT2D eigenvalue weighted by Crippen LogP contribution is -2.31. The Kier molecular flexibility index (Phi) is 5.58. The van der Waals surface area contributed by atoms with Crippen molar-refractivity contribution < 1.29 is 4.79 Å². The number of anilines is 1. The van der Waals surface area contributed by atoms with Crippen LogP contribution in [0.2, 0.25) is 0 Å². The van der Waals surface area contributed by atoms with Crippen molar-refractivity contribution in [1.29, 1.82) is 0 Å². The fourth-order valence-corrected chi connectivity index (χ4v) is 2.93. The molecular weight excluding hydrogens is 334 g/mol. The molecule has 2 amide bonds. The highest BCUT2D eigenvalue weighted by atomic mass is 32.2. The Morgan fingerprint density at radius 2 is 1.80 bits per heavy atom. The number of hydrogen-bond acceptors (Lipinski definition) is 5. The van der Waals surface area contributed by atoms with Crippen LogP contribution < -0.4 is 10.6 Å². The number of nitrogens with zero attached hydrogens (tertiary/aromatic N) is 3. The van der Waals surface area contributed by atoms with Gasteiger partial charge in [0.05, 0.1) is 6.04 Å². The molecule has 6 nitrogen and oxygen atoms in total. The first-order chi connectivity index (χ1) is 12.2. The molecule has 1 atom stereocenters. The summed E-state index contributed by atoms with van der Waals surface area (Å²) < 4.78 is 0. The zero-order chi connectivity index (χ0) is 17.5. The number of aromatic nitrogens is 3. The number of carbonyl (C=O) groups is 1. The monoisotopic (exact) mass is 351 g/mol. The molecule has 0 bridgehead atoms. The molecule has 3 aromatic heterocycles. The Balaban J connectivity index is 1.61. The maximum Gasteiger partial charge on any atom is 0.319 e. The van der Waals surface area contributed by atoms with E-state index in [1.807, 2.05) is 43.3 Å². The van der Waals surface area contributed by atoms with Crippen LogP contribution in [-0.4, -0.2) is 21.0 Å². The summed E-state index contributed by atoms with van der Waals surface area (Å²) in [6, 6.07) is 12.6. The molecule has 0 aliphatic carbocycles. The second-order valence-corrected chi connectivity index (χ2v) is 6.29. The lowest BCUT2D eigenvalue weighted by atomic mass is 10.1. The van der Waals surface area contributed by atoms with E-state index in [1.165, 1.54) is 11.8 Å². The van der Waals surface area contributed by atoms with Crippen molar-refractivity contribution in [1.82, 2.24) is 20.3 Å². The van der Waals surface area contributed by atoms with E-state index in [1.54, 1.807) is 30.9 Å². The molecule has 2 N–H and O–H groups in total. The number of urea groups is 1. The Labute approximate surface area is 150 Å². The van der Waals surface area contributed by atoms with Crippen LogP contribution in [0.1, 0.15) is 18.5 Å². The van der Waals surface area contributed by atoms with Crippen LogP contribution in [0, 0.1) is 0 Å². The molecule has 1 unspecified atom stereocenters. The van der Waals surface area contributed by atoms with E-state index in [0.717, 1.165) is 15.6 Å². The zero-order valence-electron chi connectivity index (χ0n) is 13.6. The molecular formula is C18H17N5OS. The van der Waals surface area contributed by atoms with E-state index in [9.17, 15) is 4.79 Å². The van der Waals surface area contributed by atoms with Gasteiger partial charge in [-0.15, -0.1) is 0 Å². The van der Waals surface area contributed by atoms with Crippen molar-refractivity contribution in [3.63, 3.8) is 0 Å². The topological polar surface area (TPSA) is 79.8 Å². The number of pyridine rings is 3. The minimum atomic E-state index is -0.274. The summed E-state index contributed by atoms with van der Waals surface area (Å²) >= 11 is 1.44. The SMILES string of the molecule is CC(NC(=O)Nc1ccnc(Sc2ccccn2)c1)c1ccncc1. The van der Waals surface area contributed by atoms with Gasteiger partial charge in [-0.2, -0.15) is 0 Å². The fraction of sp³-hybridized carbons (Fsp3) is 0.111. The van der Waals surface area contributed by atoms with E-state index < -0.39 is 0 Å². The quantitative estimate of drug-likeness (QED) is 0.728. The van der Waals surface area contributed by atoms with Gasteiger partial charge in [0.2, 0.25) is 0 Å². The lowest BCUT2D eigenvalue weighted by Gasteiger charge is -2.15. The van der Waals surface area contributed by atoms with Gasteiger partial charge in [-0.05, 0) is 48.9 Å². The fourth-order valence-electron chi connectivity index (χ4n) is 2.16. The highest BCUT2D eigenvalue weighted by Crippen LogP contribution is 2.25. The average molecular weight is 351 g/mol. The summed E-state index contributed by atoms with van der Waals surface area (Å²) in [5.74, 6) is 0. The minimum Gasteiger partial charge on any atom is -0.331 e. The van der Waals surface area contributed by atoms with Crippen LogP contribution in [0.3, 0.4) is 0 Å². The molecule has 0 aromatic carbocycles. The van der Waals surface area contributed by atoms with Crippen LogP contribution in [0.4, 0.5) is 10.5 Å². The molecule has 0 aliphatic rings. The van der Waals surface area contributed by atoms with Crippen LogP contribution in [0.15, 0.2) is 77.3 Å². The molecule has 0 saturated heterocycles. The standard InChI is InChI=1S/C18H17N5OS/c1-13(14-5-9-19-10-6-14)22-18(24)23-15-7-11-21-17(12-15)25-16-4-2-3-8-20-16/h2-13H,1H3,(H2,21,22,23,24). The number of carbonyl (C=O) groups excluding carboxylic acids is 1. The largest absolute Gasteiger partial charge is 0.331 e. The van der Waals surface area contributed by atoms with Crippen molar-refractivity contribution in [3.05, 3.63) is 72.8 Å². The molecule has 3 rings (SSSR count). The van der Waals surface area contributed by atoms with Crippen molar-refractivity contribution >= 4 is 23.5 Å². The molecule has 0 fully saturated rings. The highest BCUT2D eigenvalue weighted by molar-refractivity contribution is 7.99. The van der Waals surface area contributed by atoms with Crippen LogP contribution in [0.25, 0.3) is 0 Å². The van der Waals surface area contributed by atoms with Gasteiger partial charge in [0.25, 0.3) is 0 Å². The molecule has 3 aromatic rings. The van der Waals surface area contributed by atoms with Gasteiger partial charge in [-0.3, -0.25) is 4.98 Å². The van der Waals surface area contributed by atoms with Gasteiger partial charge in [0, 0.05) is 30.5 Å². The summed E-state index contributed by atoms with van der Waals surface area (Å²) in [6.45, 7) is 1.92. The molecule has 0 saturated carbocycles. The van der Waals surface area contributed by atoms with Crippen LogP contribution >= 0.6 is 11.8 Å². The van der Waals surface area contributed by atoms with Crippen LogP contribution in [-0.2, 0) is 0 Å². The number of amides is 2. The van der Waals surface area contributed by atoms with Crippen molar-refractivity contribution in [2.45, 2.75) is 23.0 Å². The molecule has 3 heterocycles. The van der Waals surface area contributed by atoms with E-state index in [4.69, 9.17) is 0 Å². The van der Waals surface area contributed by atoms with Gasteiger partial charge in [-0.1, -0.05) is 17.8 Å². The van der Waals surface area contributed by atoms with Gasteiger partial charge < -0.3 is 10.6 Å². The summed E-state index contributed by atoms with van der Waals surface area (Å²) in [4.78, 5) is 24.7. The zero-order valence-corrected chi connectivity index (χ0v) is 14.4. The molecule has 0 spiro atoms. The summed E-state index contributed by atoms with van der Waals surface area (Å²) in [5.41, 5.74) is 1.67. The van der Waals surface area contributed by atoms with Crippen molar-refractivity contribution in [2.24, 2.45) is 0 Å². The van der Waals surface area contributed by atoms with Gasteiger partial charge >= 0.3 is 6.03 Å². The second-order valence-electron chi connectivity index (χ2n) is 5.25. The highest BCUT2D eigenvalue weighted by Gasteiger charge is 2.10. The van der Waals surface area contributed by atoms with E-state index in [2.05, 4.69) is 25.6 Å². The summed E-state index contributed by atoms with van der Waals surface area (Å²) in [6.07, 6.45) is 6.80. The molecule has 25 heavy (non-hydrogen) atoms. The smallest absolute Gasteiger partial charge is 0.319 e. The lowest BCUT2D eigenvalue weighted by molar-refractivity contribution is 0.249. The Hall–Kier alpha value is -2.93. The summed E-state index contributed by atoms with van der Waals surface area (Å²) in [7, 11) is 0. The third-order valence-electron chi connectivity index (χ3n) is 3.39. The number of hydrogen-bond donors (Lipinski definition) is 2. The Morgan fingerprint density at radius 1 is 1.00 bits per heavy atom. The predicted molar refractivity (Wildman–Crippen MR) is 97.4 cm³/mol. The summed E-state index contributed by atoms with van der Waals surface area (Å²) in [5, 5.41) is 7.34. The normalized spacial score (nSPS) is 11.6. The maximum atomic E-state index is 12.2. The van der Waals surface area contributed by atoms with Crippen molar-refractivity contribution in [2.75, 3.05) is 5.32 Å². The van der Waals surface area contributed by atoms with Gasteiger partial charge in [-0.25, -0.2) is 14.8 Å². The van der Waals surface area contributed by atoms with Gasteiger partial charge in [0.1, 0.15) is 10.1 Å². The first kappa shape index (κ1) is 16.9. The van der Waals surface area contributed by atoms with E-state index in [0.29, 0.717) is 5.69 Å². The minimum absolute atomic E-state index is 0.118. The third-order valence-corrected chi connectivity index (χ3v) is 4.28. The molecule has 126 valence electrons. The van der Waals surface area contributed by atoms with Crippen LogP contribution in [0.5, 0.6) is 0 Å². The second kappa shape index (κ2) is 8.25. The third kappa shape index (κ3) is 5.02. The number of rotatable bonds is 5. The molecule has 7 heteroatoms. The molecule has 0 aliphatic heterocycles. The first-order valence-electron chi connectivity index (χ1n) is 7.73. The van der Waals surface area contributed by atoms with E-state index >= 15 is 0 Å². The Morgan fingerprint density at radius 3 is 2.56 bits per heavy atom. The van der Waals surface area contributed by atoms with Gasteiger partial charge in [0.15, 0.2) is 0 Å². The number of nitrogens with one attached hydrogen (secondary N) is 2.